The van der Waals surface area contributed by atoms with Crippen LogP contribution in [0.25, 0.3) is 0 Å². The van der Waals surface area contributed by atoms with Crippen molar-refractivity contribution in [1.29, 1.82) is 0 Å². The highest BCUT2D eigenvalue weighted by atomic mass is 16.5. The Balaban J connectivity index is 2.45. The third-order valence-electron chi connectivity index (χ3n) is 4.55. The summed E-state index contributed by atoms with van der Waals surface area (Å²) in [5.41, 5.74) is 0. The van der Waals surface area contributed by atoms with Crippen molar-refractivity contribution in [3.8, 4) is 11.5 Å². The fourth-order valence-corrected chi connectivity index (χ4v) is 2.65. The van der Waals surface area contributed by atoms with Crippen molar-refractivity contribution in [2.45, 2.75) is 79.1 Å². The lowest BCUT2D eigenvalue weighted by atomic mass is 10.0. The molecule has 1 aromatic rings. The maximum atomic E-state index is 12.1. The zero-order valence-corrected chi connectivity index (χ0v) is 16.8. The minimum Gasteiger partial charge on any atom is -0.426 e. The molecule has 0 bridgehead atoms. The second kappa shape index (κ2) is 12.5. The number of benzene rings is 1. The van der Waals surface area contributed by atoms with Gasteiger partial charge in [0.15, 0.2) is 0 Å². The molecule has 0 aliphatic rings. The number of rotatable bonds is 12. The van der Waals surface area contributed by atoms with Gasteiger partial charge in [0.2, 0.25) is 0 Å². The summed E-state index contributed by atoms with van der Waals surface area (Å²) in [6.07, 6.45) is 8.31. The molecule has 0 aromatic heterocycles. The van der Waals surface area contributed by atoms with Gasteiger partial charge in [-0.15, -0.1) is 0 Å². The van der Waals surface area contributed by atoms with Crippen molar-refractivity contribution in [3.63, 3.8) is 0 Å². The molecule has 2 unspecified atom stereocenters. The van der Waals surface area contributed by atoms with Gasteiger partial charge in [0, 0.05) is 0 Å². The predicted molar refractivity (Wildman–Crippen MR) is 104 cm³/mol. The predicted octanol–water partition coefficient (Wildman–Crippen LogP) is 5.93. The average molecular weight is 363 g/mol. The molecule has 0 radical (unpaired) electrons. The maximum absolute atomic E-state index is 12.1. The Hall–Kier alpha value is -1.84. The van der Waals surface area contributed by atoms with Crippen LogP contribution in [0.2, 0.25) is 0 Å². The van der Waals surface area contributed by atoms with Crippen molar-refractivity contribution in [2.75, 3.05) is 0 Å². The second-order valence-corrected chi connectivity index (χ2v) is 7.11. The van der Waals surface area contributed by atoms with Crippen molar-refractivity contribution < 1.29 is 19.1 Å². The highest BCUT2D eigenvalue weighted by Crippen LogP contribution is 2.21. The Kier molecular flexibility index (Phi) is 10.7. The third kappa shape index (κ3) is 8.50. The fourth-order valence-electron chi connectivity index (χ4n) is 2.65. The van der Waals surface area contributed by atoms with Crippen molar-refractivity contribution in [2.24, 2.45) is 11.8 Å². The summed E-state index contributed by atoms with van der Waals surface area (Å²) in [7, 11) is 0. The normalized spacial score (nSPS) is 13.1. The largest absolute Gasteiger partial charge is 0.426 e. The summed E-state index contributed by atoms with van der Waals surface area (Å²) in [5, 5.41) is 0. The van der Waals surface area contributed by atoms with E-state index in [0.717, 1.165) is 51.4 Å². The number of unbranched alkanes of at least 4 members (excludes halogenated alkanes) is 4. The maximum Gasteiger partial charge on any atom is 0.314 e. The summed E-state index contributed by atoms with van der Waals surface area (Å²) >= 11 is 0. The molecule has 4 heteroatoms. The summed E-state index contributed by atoms with van der Waals surface area (Å²) in [5.74, 6) is 0.318. The number of carbonyl (C=O) groups is 2. The molecule has 0 heterocycles. The van der Waals surface area contributed by atoms with Gasteiger partial charge in [-0.05, 0) is 37.1 Å². The van der Waals surface area contributed by atoms with E-state index < -0.39 is 0 Å². The SMILES string of the molecule is CCCCCC(C)C(=O)Oc1ccc(OC(=O)C(C)CCCCC)cc1. The van der Waals surface area contributed by atoms with Crippen LogP contribution in [-0.4, -0.2) is 11.9 Å². The first-order valence-corrected chi connectivity index (χ1v) is 10.0. The summed E-state index contributed by atoms with van der Waals surface area (Å²) in [6, 6.07) is 6.67. The van der Waals surface area contributed by atoms with Gasteiger partial charge in [-0.3, -0.25) is 9.59 Å². The van der Waals surface area contributed by atoms with E-state index in [4.69, 9.17) is 9.47 Å². The monoisotopic (exact) mass is 362 g/mol. The molecule has 0 N–H and O–H groups in total. The first kappa shape index (κ1) is 22.2. The van der Waals surface area contributed by atoms with Gasteiger partial charge in [0.1, 0.15) is 11.5 Å². The van der Waals surface area contributed by atoms with Gasteiger partial charge in [0.25, 0.3) is 0 Å². The Morgan fingerprint density at radius 2 is 1.08 bits per heavy atom. The van der Waals surface area contributed by atoms with Crippen LogP contribution in [0.1, 0.15) is 79.1 Å². The molecular weight excluding hydrogens is 328 g/mol. The van der Waals surface area contributed by atoms with Crippen molar-refractivity contribution >= 4 is 11.9 Å². The van der Waals surface area contributed by atoms with Crippen LogP contribution < -0.4 is 9.47 Å². The van der Waals surface area contributed by atoms with Crippen LogP contribution in [0.15, 0.2) is 24.3 Å². The lowest BCUT2D eigenvalue weighted by Gasteiger charge is -2.12. The minimum absolute atomic E-state index is 0.108. The van der Waals surface area contributed by atoms with E-state index in [9.17, 15) is 9.59 Å². The van der Waals surface area contributed by atoms with E-state index in [2.05, 4.69) is 13.8 Å². The smallest absolute Gasteiger partial charge is 0.314 e. The van der Waals surface area contributed by atoms with Crippen LogP contribution in [0.3, 0.4) is 0 Å². The highest BCUT2D eigenvalue weighted by Gasteiger charge is 2.16. The Morgan fingerprint density at radius 1 is 0.731 bits per heavy atom. The van der Waals surface area contributed by atoms with Gasteiger partial charge < -0.3 is 9.47 Å². The lowest BCUT2D eigenvalue weighted by Crippen LogP contribution is -2.18. The number of hydrogen-bond donors (Lipinski definition) is 0. The molecule has 0 aliphatic heterocycles. The number of esters is 2. The zero-order valence-electron chi connectivity index (χ0n) is 16.8. The van der Waals surface area contributed by atoms with E-state index >= 15 is 0 Å². The molecule has 1 aromatic carbocycles. The molecule has 0 saturated heterocycles. The fraction of sp³-hybridized carbons (Fsp3) is 0.636. The number of hydrogen-bond acceptors (Lipinski definition) is 4. The van der Waals surface area contributed by atoms with Crippen LogP contribution in [-0.2, 0) is 9.59 Å². The quantitative estimate of drug-likeness (QED) is 0.263. The van der Waals surface area contributed by atoms with Gasteiger partial charge in [-0.25, -0.2) is 0 Å². The van der Waals surface area contributed by atoms with Crippen LogP contribution in [0.5, 0.6) is 11.5 Å². The minimum atomic E-state index is -0.213. The van der Waals surface area contributed by atoms with E-state index in [1.54, 1.807) is 24.3 Å². The summed E-state index contributed by atoms with van der Waals surface area (Å²) < 4.78 is 10.8. The highest BCUT2D eigenvalue weighted by molar-refractivity contribution is 5.75. The first-order chi connectivity index (χ1) is 12.5. The first-order valence-electron chi connectivity index (χ1n) is 10.0. The Morgan fingerprint density at radius 3 is 1.38 bits per heavy atom. The topological polar surface area (TPSA) is 52.6 Å². The average Bonchev–Trinajstić information content (AvgIpc) is 2.63. The lowest BCUT2D eigenvalue weighted by molar-refractivity contribution is -0.139. The molecule has 0 fully saturated rings. The molecule has 4 nitrogen and oxygen atoms in total. The molecular formula is C22H34O4. The van der Waals surface area contributed by atoms with Crippen LogP contribution >= 0.6 is 0 Å². The Bertz CT molecular complexity index is 487. The Labute approximate surface area is 158 Å². The number of carbonyl (C=O) groups excluding carboxylic acids is 2. The van der Waals surface area contributed by atoms with Crippen LogP contribution in [0, 0.1) is 11.8 Å². The van der Waals surface area contributed by atoms with Gasteiger partial charge in [-0.1, -0.05) is 66.2 Å². The van der Waals surface area contributed by atoms with Gasteiger partial charge >= 0.3 is 11.9 Å². The molecule has 0 spiro atoms. The zero-order chi connectivity index (χ0) is 19.4. The van der Waals surface area contributed by atoms with Crippen molar-refractivity contribution in [1.82, 2.24) is 0 Å². The molecule has 0 aliphatic carbocycles. The summed E-state index contributed by atoms with van der Waals surface area (Å²) in [4.78, 5) is 24.2. The van der Waals surface area contributed by atoms with E-state index in [1.165, 1.54) is 0 Å². The van der Waals surface area contributed by atoms with Crippen molar-refractivity contribution in [3.05, 3.63) is 24.3 Å². The number of ether oxygens (including phenoxy) is 2. The molecule has 0 saturated carbocycles. The van der Waals surface area contributed by atoms with E-state index in [1.807, 2.05) is 13.8 Å². The third-order valence-corrected chi connectivity index (χ3v) is 4.55. The molecule has 146 valence electrons. The molecule has 26 heavy (non-hydrogen) atoms. The standard InChI is InChI=1S/C22H34O4/c1-5-7-9-11-17(3)21(23)25-19-13-15-20(16-14-19)26-22(24)18(4)12-10-8-6-2/h13-18H,5-12H2,1-4H3. The summed E-state index contributed by atoms with van der Waals surface area (Å²) in [6.45, 7) is 8.08. The van der Waals surface area contributed by atoms with Gasteiger partial charge in [-0.2, -0.15) is 0 Å². The molecule has 0 amide bonds. The molecule has 2 atom stereocenters. The van der Waals surface area contributed by atoms with Crippen LogP contribution in [0.4, 0.5) is 0 Å². The van der Waals surface area contributed by atoms with Gasteiger partial charge in [0.05, 0.1) is 11.8 Å². The molecule has 1 rings (SSSR count). The second-order valence-electron chi connectivity index (χ2n) is 7.11. The van der Waals surface area contributed by atoms with E-state index in [0.29, 0.717) is 11.5 Å². The van der Waals surface area contributed by atoms with E-state index in [-0.39, 0.29) is 23.8 Å².